The molecule has 0 saturated carbocycles. The Morgan fingerprint density at radius 2 is 1.96 bits per heavy atom. The SMILES string of the molecule is CCNC(=NCc1ccc(F)cc1C(F)(F)F)NCc1nc(C)c(C)s1. The number of alkyl halides is 3. The first kappa shape index (κ1) is 20.2. The zero-order chi connectivity index (χ0) is 19.3. The number of thiazole rings is 1. The van der Waals surface area contributed by atoms with E-state index in [1.54, 1.807) is 11.3 Å². The van der Waals surface area contributed by atoms with Crippen molar-refractivity contribution in [1.29, 1.82) is 0 Å². The smallest absolute Gasteiger partial charge is 0.357 e. The number of benzene rings is 1. The maximum absolute atomic E-state index is 13.2. The zero-order valence-electron chi connectivity index (χ0n) is 14.7. The quantitative estimate of drug-likeness (QED) is 0.459. The fourth-order valence-corrected chi connectivity index (χ4v) is 3.10. The van der Waals surface area contributed by atoms with Crippen molar-refractivity contribution in [2.24, 2.45) is 4.99 Å². The summed E-state index contributed by atoms with van der Waals surface area (Å²) in [7, 11) is 0. The van der Waals surface area contributed by atoms with E-state index >= 15 is 0 Å². The molecular formula is C17H20F4N4S. The van der Waals surface area contributed by atoms with E-state index in [4.69, 9.17) is 0 Å². The number of guanidine groups is 1. The van der Waals surface area contributed by atoms with Gasteiger partial charge in [-0.05, 0) is 38.5 Å². The van der Waals surface area contributed by atoms with Gasteiger partial charge in [-0.3, -0.25) is 0 Å². The standard InChI is InChI=1S/C17H20F4N4S/c1-4-22-16(24-9-15-25-10(2)11(3)26-15)23-8-12-5-6-13(18)7-14(12)17(19,20)21/h5-7H,4,8-9H2,1-3H3,(H2,22,23,24). The summed E-state index contributed by atoms with van der Waals surface area (Å²) >= 11 is 1.55. The Labute approximate surface area is 153 Å². The third-order valence-electron chi connectivity index (χ3n) is 3.61. The molecule has 0 aliphatic rings. The van der Waals surface area contributed by atoms with Crippen LogP contribution >= 0.6 is 11.3 Å². The topological polar surface area (TPSA) is 49.3 Å². The van der Waals surface area contributed by atoms with Gasteiger partial charge in [0.1, 0.15) is 10.8 Å². The lowest BCUT2D eigenvalue weighted by Crippen LogP contribution is -2.36. The minimum atomic E-state index is -4.63. The molecule has 142 valence electrons. The van der Waals surface area contributed by atoms with Crippen LogP contribution in [0.2, 0.25) is 0 Å². The highest BCUT2D eigenvalue weighted by Gasteiger charge is 2.33. The summed E-state index contributed by atoms with van der Waals surface area (Å²) in [6, 6.07) is 2.60. The minimum absolute atomic E-state index is 0.0861. The molecule has 1 heterocycles. The second kappa shape index (κ2) is 8.48. The van der Waals surface area contributed by atoms with Gasteiger partial charge in [-0.1, -0.05) is 6.07 Å². The largest absolute Gasteiger partial charge is 0.416 e. The van der Waals surface area contributed by atoms with Crippen molar-refractivity contribution in [3.63, 3.8) is 0 Å². The summed E-state index contributed by atoms with van der Waals surface area (Å²) in [5.74, 6) is -0.556. The van der Waals surface area contributed by atoms with Gasteiger partial charge in [0.05, 0.1) is 24.3 Å². The third-order valence-corrected chi connectivity index (χ3v) is 4.68. The number of hydrogen-bond acceptors (Lipinski definition) is 3. The first-order valence-electron chi connectivity index (χ1n) is 8.01. The molecule has 4 nitrogen and oxygen atoms in total. The van der Waals surface area contributed by atoms with Crippen LogP contribution in [0.3, 0.4) is 0 Å². The minimum Gasteiger partial charge on any atom is -0.357 e. The van der Waals surface area contributed by atoms with Gasteiger partial charge in [-0.15, -0.1) is 11.3 Å². The molecule has 0 saturated heterocycles. The first-order chi connectivity index (χ1) is 12.2. The average Bonchev–Trinajstić information content (AvgIpc) is 2.88. The maximum atomic E-state index is 13.2. The van der Waals surface area contributed by atoms with Crippen LogP contribution in [-0.4, -0.2) is 17.5 Å². The summed E-state index contributed by atoms with van der Waals surface area (Å²) in [6.45, 7) is 6.50. The van der Waals surface area contributed by atoms with Crippen LogP contribution in [0.15, 0.2) is 23.2 Å². The number of nitrogens with one attached hydrogen (secondary N) is 2. The van der Waals surface area contributed by atoms with E-state index in [0.29, 0.717) is 25.1 Å². The van der Waals surface area contributed by atoms with Gasteiger partial charge in [0.2, 0.25) is 0 Å². The fraction of sp³-hybridized carbons (Fsp3) is 0.412. The maximum Gasteiger partial charge on any atom is 0.416 e. The summed E-state index contributed by atoms with van der Waals surface area (Å²) in [4.78, 5) is 9.70. The number of hydrogen-bond donors (Lipinski definition) is 2. The van der Waals surface area contributed by atoms with Crippen molar-refractivity contribution in [2.45, 2.75) is 40.0 Å². The molecule has 1 aromatic heterocycles. The predicted octanol–water partition coefficient (Wildman–Crippen LogP) is 4.17. The molecular weight excluding hydrogens is 368 g/mol. The summed E-state index contributed by atoms with van der Waals surface area (Å²) in [5.41, 5.74) is -0.143. The fourth-order valence-electron chi connectivity index (χ4n) is 2.23. The molecule has 0 spiro atoms. The lowest BCUT2D eigenvalue weighted by Gasteiger charge is -2.13. The van der Waals surface area contributed by atoms with E-state index in [-0.39, 0.29) is 12.1 Å². The molecule has 0 bridgehead atoms. The van der Waals surface area contributed by atoms with Crippen molar-refractivity contribution in [2.75, 3.05) is 6.54 Å². The van der Waals surface area contributed by atoms with Crippen LogP contribution in [0.4, 0.5) is 17.6 Å². The Bertz CT molecular complexity index is 764. The van der Waals surface area contributed by atoms with Gasteiger partial charge in [0.25, 0.3) is 0 Å². The summed E-state index contributed by atoms with van der Waals surface area (Å²) < 4.78 is 52.3. The van der Waals surface area contributed by atoms with E-state index in [0.717, 1.165) is 27.7 Å². The number of rotatable bonds is 5. The van der Waals surface area contributed by atoms with E-state index in [1.807, 2.05) is 20.8 Å². The van der Waals surface area contributed by atoms with Gasteiger partial charge in [0, 0.05) is 11.4 Å². The first-order valence-corrected chi connectivity index (χ1v) is 8.83. The van der Waals surface area contributed by atoms with Crippen LogP contribution in [0, 0.1) is 19.7 Å². The summed E-state index contributed by atoms with van der Waals surface area (Å²) in [5, 5.41) is 6.89. The van der Waals surface area contributed by atoms with E-state index in [9.17, 15) is 17.6 Å². The molecule has 1 aromatic carbocycles. The number of nitrogens with zero attached hydrogens (tertiary/aromatic N) is 2. The molecule has 0 radical (unpaired) electrons. The van der Waals surface area contributed by atoms with E-state index < -0.39 is 17.6 Å². The Morgan fingerprint density at radius 3 is 2.54 bits per heavy atom. The molecule has 0 aliphatic carbocycles. The lowest BCUT2D eigenvalue weighted by molar-refractivity contribution is -0.138. The number of aryl methyl sites for hydroxylation is 2. The molecule has 0 atom stereocenters. The highest BCUT2D eigenvalue weighted by Crippen LogP contribution is 2.32. The van der Waals surface area contributed by atoms with Gasteiger partial charge in [0.15, 0.2) is 5.96 Å². The van der Waals surface area contributed by atoms with E-state index in [2.05, 4.69) is 20.6 Å². The van der Waals surface area contributed by atoms with Crippen molar-refractivity contribution in [1.82, 2.24) is 15.6 Å². The molecule has 0 amide bonds. The second-order valence-corrected chi connectivity index (χ2v) is 6.88. The van der Waals surface area contributed by atoms with Crippen LogP contribution in [0.1, 0.15) is 33.6 Å². The monoisotopic (exact) mass is 388 g/mol. The molecule has 9 heteroatoms. The molecule has 2 aromatic rings. The van der Waals surface area contributed by atoms with Crippen LogP contribution < -0.4 is 10.6 Å². The number of aliphatic imine (C=N–C) groups is 1. The predicted molar refractivity (Wildman–Crippen MR) is 94.6 cm³/mol. The lowest BCUT2D eigenvalue weighted by atomic mass is 10.1. The third kappa shape index (κ3) is 5.42. The molecule has 0 unspecified atom stereocenters. The highest BCUT2D eigenvalue weighted by atomic mass is 32.1. The average molecular weight is 388 g/mol. The molecule has 2 rings (SSSR count). The van der Waals surface area contributed by atoms with Crippen molar-refractivity contribution >= 4 is 17.3 Å². The van der Waals surface area contributed by atoms with Crippen molar-refractivity contribution in [3.05, 3.63) is 50.7 Å². The number of aromatic nitrogens is 1. The second-order valence-electron chi connectivity index (χ2n) is 5.60. The Hall–Kier alpha value is -2.16. The van der Waals surface area contributed by atoms with Crippen molar-refractivity contribution in [3.8, 4) is 0 Å². The number of halogens is 4. The van der Waals surface area contributed by atoms with E-state index in [1.165, 1.54) is 0 Å². The van der Waals surface area contributed by atoms with Gasteiger partial charge >= 0.3 is 6.18 Å². The van der Waals surface area contributed by atoms with Gasteiger partial charge in [-0.25, -0.2) is 14.4 Å². The Kier molecular flexibility index (Phi) is 6.57. The van der Waals surface area contributed by atoms with Crippen molar-refractivity contribution < 1.29 is 17.6 Å². The zero-order valence-corrected chi connectivity index (χ0v) is 15.5. The Balaban J connectivity index is 2.14. The Morgan fingerprint density at radius 1 is 1.23 bits per heavy atom. The molecule has 0 fully saturated rings. The van der Waals surface area contributed by atoms with Gasteiger partial charge < -0.3 is 10.6 Å². The normalized spacial score (nSPS) is 12.3. The highest BCUT2D eigenvalue weighted by molar-refractivity contribution is 7.11. The van der Waals surface area contributed by atoms with Crippen LogP contribution in [-0.2, 0) is 19.3 Å². The summed E-state index contributed by atoms with van der Waals surface area (Å²) in [6.07, 6.45) is -4.63. The van der Waals surface area contributed by atoms with Crippen LogP contribution in [0.5, 0.6) is 0 Å². The van der Waals surface area contributed by atoms with Gasteiger partial charge in [-0.2, -0.15) is 13.2 Å². The molecule has 0 aliphatic heterocycles. The molecule has 2 N–H and O–H groups in total. The van der Waals surface area contributed by atoms with Crippen LogP contribution in [0.25, 0.3) is 0 Å². The molecule has 26 heavy (non-hydrogen) atoms.